The Labute approximate surface area is 214 Å². The minimum absolute atomic E-state index is 0.0161. The maximum Gasteiger partial charge on any atom is 0.411 e. The molecule has 12 heteroatoms. The number of rotatable bonds is 10. The van der Waals surface area contributed by atoms with Gasteiger partial charge in [-0.25, -0.2) is 9.59 Å². The van der Waals surface area contributed by atoms with Crippen molar-refractivity contribution in [3.8, 4) is 23.0 Å². The topological polar surface area (TPSA) is 95.1 Å². The van der Waals surface area contributed by atoms with Crippen LogP contribution >= 0.6 is 0 Å². The molecule has 0 fully saturated rings. The van der Waals surface area contributed by atoms with Crippen LogP contribution in [0.4, 0.5) is 38.5 Å². The molecule has 0 aliphatic heterocycles. The summed E-state index contributed by atoms with van der Waals surface area (Å²) in [4.78, 5) is 23.1. The standard InChI is InChI=1S/C26H20F4N2O6/c1-3-13-35-25(33)31-15-5-9-17(10-6-15)37-23-19(27)21(29)24(22(30)20(23)28)38-18-11-7-16(8-12-18)32-26(34)36-14-4-2/h3-12H,1-2,13-14H2,(H,31,33)(H,32,34). The lowest BCUT2D eigenvalue weighted by Gasteiger charge is -2.14. The SMILES string of the molecule is C=CCOC(=O)Nc1ccc(Oc2c(F)c(F)c(Oc3ccc(NC(=O)OCC=C)cc3)c(F)c2F)cc1. The van der Waals surface area contributed by atoms with Crippen LogP contribution in [0.5, 0.6) is 23.0 Å². The normalized spacial score (nSPS) is 10.2. The van der Waals surface area contributed by atoms with E-state index in [0.29, 0.717) is 0 Å². The molecule has 0 aromatic heterocycles. The van der Waals surface area contributed by atoms with Gasteiger partial charge in [0.15, 0.2) is 0 Å². The fourth-order valence-corrected chi connectivity index (χ4v) is 2.80. The van der Waals surface area contributed by atoms with Gasteiger partial charge in [0, 0.05) is 11.4 Å². The van der Waals surface area contributed by atoms with Crippen molar-refractivity contribution in [3.05, 3.63) is 97.1 Å². The number of amides is 2. The van der Waals surface area contributed by atoms with Crippen LogP contribution in [-0.4, -0.2) is 25.4 Å². The minimum atomic E-state index is -1.84. The number of benzene rings is 3. The van der Waals surface area contributed by atoms with Crippen LogP contribution < -0.4 is 20.1 Å². The van der Waals surface area contributed by atoms with Crippen molar-refractivity contribution in [2.24, 2.45) is 0 Å². The van der Waals surface area contributed by atoms with Gasteiger partial charge in [-0.05, 0) is 48.5 Å². The van der Waals surface area contributed by atoms with Gasteiger partial charge in [-0.2, -0.15) is 17.6 Å². The first-order valence-corrected chi connectivity index (χ1v) is 10.7. The van der Waals surface area contributed by atoms with Gasteiger partial charge in [-0.1, -0.05) is 25.3 Å². The molecule has 2 amide bonds. The Hall–Kier alpha value is -5.00. The Morgan fingerprint density at radius 1 is 0.632 bits per heavy atom. The zero-order chi connectivity index (χ0) is 27.7. The van der Waals surface area contributed by atoms with E-state index in [1.807, 2.05) is 0 Å². The highest BCUT2D eigenvalue weighted by molar-refractivity contribution is 5.85. The zero-order valence-corrected chi connectivity index (χ0v) is 19.6. The highest BCUT2D eigenvalue weighted by atomic mass is 19.2. The lowest BCUT2D eigenvalue weighted by molar-refractivity contribution is 0.173. The molecule has 0 aliphatic rings. The monoisotopic (exact) mass is 532 g/mol. The molecule has 0 bridgehead atoms. The fourth-order valence-electron chi connectivity index (χ4n) is 2.80. The number of carbonyl (C=O) groups is 2. The van der Waals surface area contributed by atoms with Crippen molar-refractivity contribution in [3.63, 3.8) is 0 Å². The summed E-state index contributed by atoms with van der Waals surface area (Å²) >= 11 is 0. The van der Waals surface area contributed by atoms with Crippen molar-refractivity contribution in [1.29, 1.82) is 0 Å². The summed E-state index contributed by atoms with van der Waals surface area (Å²) in [6.07, 6.45) is 1.20. The molecule has 8 nitrogen and oxygen atoms in total. The van der Waals surface area contributed by atoms with Gasteiger partial charge in [0.25, 0.3) is 0 Å². The van der Waals surface area contributed by atoms with Gasteiger partial charge in [-0.15, -0.1) is 0 Å². The van der Waals surface area contributed by atoms with E-state index in [2.05, 4.69) is 23.8 Å². The number of anilines is 2. The summed E-state index contributed by atoms with van der Waals surface area (Å²) < 4.78 is 78.1. The van der Waals surface area contributed by atoms with Crippen molar-refractivity contribution in [2.75, 3.05) is 23.8 Å². The summed E-state index contributed by atoms with van der Waals surface area (Å²) in [5, 5.41) is 4.76. The quantitative estimate of drug-likeness (QED) is 0.162. The molecule has 3 rings (SSSR count). The summed E-state index contributed by atoms with van der Waals surface area (Å²) in [7, 11) is 0. The Morgan fingerprint density at radius 3 is 1.24 bits per heavy atom. The summed E-state index contributed by atoms with van der Waals surface area (Å²) in [5.41, 5.74) is 0.506. The molecule has 2 N–H and O–H groups in total. The first-order valence-electron chi connectivity index (χ1n) is 10.7. The van der Waals surface area contributed by atoms with Crippen LogP contribution in [0.3, 0.4) is 0 Å². The van der Waals surface area contributed by atoms with Crippen LogP contribution in [0.1, 0.15) is 0 Å². The molecular weight excluding hydrogens is 512 g/mol. The third-order valence-electron chi connectivity index (χ3n) is 4.49. The second kappa shape index (κ2) is 12.8. The predicted octanol–water partition coefficient (Wildman–Crippen LogP) is 7.30. The largest absolute Gasteiger partial charge is 0.451 e. The van der Waals surface area contributed by atoms with E-state index in [1.54, 1.807) is 0 Å². The third-order valence-corrected chi connectivity index (χ3v) is 4.49. The highest BCUT2D eigenvalue weighted by Gasteiger charge is 2.29. The minimum Gasteiger partial charge on any atom is -0.451 e. The Balaban J connectivity index is 1.73. The molecular formula is C26H20F4N2O6. The lowest BCUT2D eigenvalue weighted by Crippen LogP contribution is -2.13. The molecule has 0 radical (unpaired) electrons. The molecule has 0 saturated heterocycles. The molecule has 3 aromatic rings. The molecule has 0 spiro atoms. The second-order valence-corrected chi connectivity index (χ2v) is 7.19. The Kier molecular flexibility index (Phi) is 9.30. The maximum atomic E-state index is 14.6. The number of hydrogen-bond acceptors (Lipinski definition) is 6. The van der Waals surface area contributed by atoms with Gasteiger partial charge in [-0.3, -0.25) is 10.6 Å². The number of carbonyl (C=O) groups excluding carboxylic acids is 2. The molecule has 198 valence electrons. The van der Waals surface area contributed by atoms with Crippen LogP contribution in [0.25, 0.3) is 0 Å². The van der Waals surface area contributed by atoms with E-state index in [1.165, 1.54) is 60.7 Å². The molecule has 3 aromatic carbocycles. The number of ether oxygens (including phenoxy) is 4. The highest BCUT2D eigenvalue weighted by Crippen LogP contribution is 2.39. The summed E-state index contributed by atoms with van der Waals surface area (Å²) in [6, 6.07) is 10.0. The van der Waals surface area contributed by atoms with E-state index in [0.717, 1.165) is 0 Å². The number of hydrogen-bond donors (Lipinski definition) is 2. The van der Waals surface area contributed by atoms with E-state index >= 15 is 0 Å². The van der Waals surface area contributed by atoms with Gasteiger partial charge in [0.1, 0.15) is 24.7 Å². The van der Waals surface area contributed by atoms with Gasteiger partial charge < -0.3 is 18.9 Å². The molecule has 0 atom stereocenters. The number of halogens is 4. The molecule has 0 aliphatic carbocycles. The summed E-state index contributed by atoms with van der Waals surface area (Å²) in [5.74, 6) is -10.4. The van der Waals surface area contributed by atoms with Crippen molar-refractivity contribution < 1.29 is 46.1 Å². The zero-order valence-electron chi connectivity index (χ0n) is 19.6. The summed E-state index contributed by atoms with van der Waals surface area (Å²) in [6.45, 7) is 6.77. The van der Waals surface area contributed by atoms with Crippen molar-refractivity contribution in [1.82, 2.24) is 0 Å². The first-order chi connectivity index (χ1) is 18.2. The second-order valence-electron chi connectivity index (χ2n) is 7.19. The molecule has 0 unspecified atom stereocenters. The first kappa shape index (κ1) is 27.6. The van der Waals surface area contributed by atoms with Crippen molar-refractivity contribution >= 4 is 23.6 Å². The fraction of sp³-hybridized carbons (Fsp3) is 0.0769. The average molecular weight is 532 g/mol. The van der Waals surface area contributed by atoms with Crippen LogP contribution in [0.15, 0.2) is 73.8 Å². The van der Waals surface area contributed by atoms with Gasteiger partial charge in [0.05, 0.1) is 0 Å². The van der Waals surface area contributed by atoms with E-state index in [-0.39, 0.29) is 36.1 Å². The molecule has 38 heavy (non-hydrogen) atoms. The Bertz CT molecular complexity index is 1200. The molecule has 0 heterocycles. The van der Waals surface area contributed by atoms with E-state index in [9.17, 15) is 27.2 Å². The van der Waals surface area contributed by atoms with E-state index in [4.69, 9.17) is 18.9 Å². The predicted molar refractivity (Wildman–Crippen MR) is 130 cm³/mol. The lowest BCUT2D eigenvalue weighted by atomic mass is 10.2. The third kappa shape index (κ3) is 7.03. The van der Waals surface area contributed by atoms with Crippen LogP contribution in [0.2, 0.25) is 0 Å². The van der Waals surface area contributed by atoms with E-state index < -0.39 is 47.0 Å². The smallest absolute Gasteiger partial charge is 0.411 e. The average Bonchev–Trinajstić information content (AvgIpc) is 2.92. The van der Waals surface area contributed by atoms with Crippen LogP contribution in [0, 0.1) is 23.3 Å². The molecule has 0 saturated carbocycles. The van der Waals surface area contributed by atoms with Gasteiger partial charge in [0.2, 0.25) is 34.8 Å². The number of nitrogens with one attached hydrogen (secondary N) is 2. The van der Waals surface area contributed by atoms with Gasteiger partial charge >= 0.3 is 12.2 Å². The Morgan fingerprint density at radius 2 is 0.947 bits per heavy atom. The maximum absolute atomic E-state index is 14.6. The van der Waals surface area contributed by atoms with Crippen molar-refractivity contribution in [2.45, 2.75) is 0 Å². The van der Waals surface area contributed by atoms with Crippen LogP contribution in [-0.2, 0) is 9.47 Å².